The summed E-state index contributed by atoms with van der Waals surface area (Å²) in [5.41, 5.74) is 3.92. The summed E-state index contributed by atoms with van der Waals surface area (Å²) < 4.78 is 0. The van der Waals surface area contributed by atoms with Crippen LogP contribution in [0.3, 0.4) is 0 Å². The number of nitrogens with zero attached hydrogens (tertiary/aromatic N) is 2. The number of hydrogen-bond acceptors (Lipinski definition) is 3. The zero-order valence-corrected chi connectivity index (χ0v) is 14.3. The van der Waals surface area contributed by atoms with Crippen molar-refractivity contribution in [3.05, 3.63) is 29.3 Å². The van der Waals surface area contributed by atoms with E-state index in [2.05, 4.69) is 47.6 Å². The van der Waals surface area contributed by atoms with Crippen LogP contribution in [0.2, 0.25) is 0 Å². The van der Waals surface area contributed by atoms with Gasteiger partial charge in [-0.2, -0.15) is 0 Å². The second-order valence-electron chi connectivity index (χ2n) is 6.72. The minimum atomic E-state index is 0.108. The number of benzene rings is 1. The highest BCUT2D eigenvalue weighted by atomic mass is 16.2. The van der Waals surface area contributed by atoms with Crippen LogP contribution in [0, 0.1) is 13.8 Å². The number of urea groups is 1. The Morgan fingerprint density at radius 3 is 2.43 bits per heavy atom. The van der Waals surface area contributed by atoms with E-state index in [1.807, 2.05) is 4.90 Å². The first kappa shape index (κ1) is 16.1. The molecule has 2 N–H and O–H groups in total. The summed E-state index contributed by atoms with van der Waals surface area (Å²) in [6.07, 6.45) is 2.07. The van der Waals surface area contributed by atoms with E-state index in [1.165, 1.54) is 16.8 Å². The van der Waals surface area contributed by atoms with Crippen molar-refractivity contribution in [2.45, 2.75) is 32.7 Å². The fourth-order valence-electron chi connectivity index (χ4n) is 3.32. The lowest BCUT2D eigenvalue weighted by molar-refractivity contribution is 0.187. The van der Waals surface area contributed by atoms with Crippen LogP contribution < -0.4 is 15.5 Å². The Morgan fingerprint density at radius 1 is 1.09 bits per heavy atom. The molecule has 0 bridgehead atoms. The van der Waals surface area contributed by atoms with E-state index in [4.69, 9.17) is 0 Å². The van der Waals surface area contributed by atoms with Crippen LogP contribution in [0.5, 0.6) is 0 Å². The molecule has 1 aromatic carbocycles. The summed E-state index contributed by atoms with van der Waals surface area (Å²) in [6.45, 7) is 9.71. The minimum absolute atomic E-state index is 0.108. The van der Waals surface area contributed by atoms with Crippen LogP contribution in [0.25, 0.3) is 0 Å². The number of piperidine rings is 1. The molecule has 2 aliphatic heterocycles. The SMILES string of the molecule is Cc1ccc(N2CCN(C(=O)NC3CCNCC3)CC2)cc1C. The zero-order chi connectivity index (χ0) is 16.2. The number of anilines is 1. The van der Waals surface area contributed by atoms with Crippen LogP contribution >= 0.6 is 0 Å². The molecule has 0 radical (unpaired) electrons. The molecule has 0 spiro atoms. The molecule has 0 aliphatic carbocycles. The van der Waals surface area contributed by atoms with Crippen molar-refractivity contribution in [1.82, 2.24) is 15.5 Å². The van der Waals surface area contributed by atoms with Crippen LogP contribution in [-0.4, -0.2) is 56.2 Å². The second kappa shape index (κ2) is 7.21. The lowest BCUT2D eigenvalue weighted by Crippen LogP contribution is -2.54. The third-order valence-corrected chi connectivity index (χ3v) is 5.09. The van der Waals surface area contributed by atoms with Crippen LogP contribution in [0.1, 0.15) is 24.0 Å². The van der Waals surface area contributed by atoms with Gasteiger partial charge in [-0.15, -0.1) is 0 Å². The molecule has 126 valence electrons. The normalized spacial score (nSPS) is 19.7. The monoisotopic (exact) mass is 316 g/mol. The van der Waals surface area contributed by atoms with Gasteiger partial charge in [-0.05, 0) is 63.0 Å². The highest BCUT2D eigenvalue weighted by molar-refractivity contribution is 5.75. The molecule has 2 fully saturated rings. The molecule has 23 heavy (non-hydrogen) atoms. The Labute approximate surface area is 139 Å². The first-order valence-corrected chi connectivity index (χ1v) is 8.72. The Bertz CT molecular complexity index is 546. The smallest absolute Gasteiger partial charge is 0.317 e. The Morgan fingerprint density at radius 2 is 1.78 bits per heavy atom. The van der Waals surface area contributed by atoms with E-state index in [0.717, 1.165) is 52.1 Å². The van der Waals surface area contributed by atoms with Crippen molar-refractivity contribution in [2.75, 3.05) is 44.2 Å². The van der Waals surface area contributed by atoms with Crippen molar-refractivity contribution in [3.63, 3.8) is 0 Å². The van der Waals surface area contributed by atoms with Crippen LogP contribution in [0.4, 0.5) is 10.5 Å². The number of aryl methyl sites for hydroxylation is 2. The largest absolute Gasteiger partial charge is 0.368 e. The average Bonchev–Trinajstić information content (AvgIpc) is 2.58. The van der Waals surface area contributed by atoms with Gasteiger partial charge in [0.2, 0.25) is 0 Å². The van der Waals surface area contributed by atoms with Gasteiger partial charge in [0.1, 0.15) is 0 Å². The van der Waals surface area contributed by atoms with Crippen molar-refractivity contribution < 1.29 is 4.79 Å². The average molecular weight is 316 g/mol. The first-order valence-electron chi connectivity index (χ1n) is 8.72. The summed E-state index contributed by atoms with van der Waals surface area (Å²) in [5, 5.41) is 6.52. The summed E-state index contributed by atoms with van der Waals surface area (Å²) in [5.74, 6) is 0. The van der Waals surface area contributed by atoms with Crippen LogP contribution in [0.15, 0.2) is 18.2 Å². The van der Waals surface area contributed by atoms with Crippen LogP contribution in [-0.2, 0) is 0 Å². The molecule has 0 aromatic heterocycles. The molecule has 2 aliphatic rings. The lowest BCUT2D eigenvalue weighted by Gasteiger charge is -2.37. The van der Waals surface area contributed by atoms with E-state index in [1.54, 1.807) is 0 Å². The maximum atomic E-state index is 12.4. The summed E-state index contributed by atoms with van der Waals surface area (Å²) in [7, 11) is 0. The predicted octanol–water partition coefficient (Wildman–Crippen LogP) is 1.89. The van der Waals surface area contributed by atoms with E-state index in [9.17, 15) is 4.79 Å². The number of hydrogen-bond donors (Lipinski definition) is 2. The van der Waals surface area contributed by atoms with Crippen molar-refractivity contribution in [3.8, 4) is 0 Å². The van der Waals surface area contributed by atoms with Crippen molar-refractivity contribution in [2.24, 2.45) is 0 Å². The number of carbonyl (C=O) groups excluding carboxylic acids is 1. The predicted molar refractivity (Wildman–Crippen MR) is 94.1 cm³/mol. The first-order chi connectivity index (χ1) is 11.1. The summed E-state index contributed by atoms with van der Waals surface area (Å²) in [4.78, 5) is 16.7. The van der Waals surface area contributed by atoms with E-state index >= 15 is 0 Å². The van der Waals surface area contributed by atoms with Gasteiger partial charge in [-0.1, -0.05) is 6.07 Å². The molecular formula is C18H28N4O. The maximum absolute atomic E-state index is 12.4. The zero-order valence-electron chi connectivity index (χ0n) is 14.3. The molecule has 5 heteroatoms. The Balaban J connectivity index is 1.51. The van der Waals surface area contributed by atoms with Gasteiger partial charge >= 0.3 is 6.03 Å². The fraction of sp³-hybridized carbons (Fsp3) is 0.611. The lowest BCUT2D eigenvalue weighted by atomic mass is 10.1. The van der Waals surface area contributed by atoms with E-state index in [0.29, 0.717) is 6.04 Å². The fourth-order valence-corrected chi connectivity index (χ4v) is 3.32. The third kappa shape index (κ3) is 3.96. The number of amides is 2. The van der Waals surface area contributed by atoms with Crippen molar-refractivity contribution >= 4 is 11.7 Å². The Kier molecular flexibility index (Phi) is 5.06. The van der Waals surface area contributed by atoms with Gasteiger partial charge in [-0.25, -0.2) is 4.79 Å². The van der Waals surface area contributed by atoms with Gasteiger partial charge in [-0.3, -0.25) is 0 Å². The molecule has 1 aromatic rings. The van der Waals surface area contributed by atoms with Gasteiger partial charge in [0, 0.05) is 37.9 Å². The summed E-state index contributed by atoms with van der Waals surface area (Å²) in [6, 6.07) is 7.06. The van der Waals surface area contributed by atoms with E-state index < -0.39 is 0 Å². The number of carbonyl (C=O) groups is 1. The molecular weight excluding hydrogens is 288 g/mol. The number of nitrogens with one attached hydrogen (secondary N) is 2. The Hall–Kier alpha value is -1.75. The molecule has 0 saturated carbocycles. The molecule has 2 saturated heterocycles. The van der Waals surface area contributed by atoms with Crippen molar-refractivity contribution in [1.29, 1.82) is 0 Å². The molecule has 0 atom stereocenters. The van der Waals surface area contributed by atoms with Gasteiger partial charge in [0.05, 0.1) is 0 Å². The quantitative estimate of drug-likeness (QED) is 0.876. The molecule has 3 rings (SSSR count). The third-order valence-electron chi connectivity index (χ3n) is 5.09. The van der Waals surface area contributed by atoms with E-state index in [-0.39, 0.29) is 6.03 Å². The number of piperazine rings is 1. The highest BCUT2D eigenvalue weighted by Gasteiger charge is 2.23. The second-order valence-corrected chi connectivity index (χ2v) is 6.72. The topological polar surface area (TPSA) is 47.6 Å². The van der Waals surface area contributed by atoms with Gasteiger partial charge in [0.25, 0.3) is 0 Å². The standard InChI is InChI=1S/C18H28N4O/c1-14-3-4-17(13-15(14)2)21-9-11-22(12-10-21)18(23)20-16-5-7-19-8-6-16/h3-4,13,16,19H,5-12H2,1-2H3,(H,20,23). The molecule has 2 heterocycles. The van der Waals surface area contributed by atoms with Gasteiger partial charge < -0.3 is 20.4 Å². The molecule has 0 unspecified atom stereocenters. The highest BCUT2D eigenvalue weighted by Crippen LogP contribution is 2.20. The number of rotatable bonds is 2. The van der Waals surface area contributed by atoms with Gasteiger partial charge in [0.15, 0.2) is 0 Å². The minimum Gasteiger partial charge on any atom is -0.368 e. The molecule has 5 nitrogen and oxygen atoms in total. The maximum Gasteiger partial charge on any atom is 0.317 e. The molecule has 2 amide bonds. The summed E-state index contributed by atoms with van der Waals surface area (Å²) >= 11 is 0.